The molecule has 2 unspecified atom stereocenters. The van der Waals surface area contributed by atoms with Crippen LogP contribution in [0.1, 0.15) is 28.4 Å². The van der Waals surface area contributed by atoms with Crippen molar-refractivity contribution in [3.63, 3.8) is 0 Å². The molecule has 1 N–H and O–H groups in total. The predicted octanol–water partition coefficient (Wildman–Crippen LogP) is 2.73. The summed E-state index contributed by atoms with van der Waals surface area (Å²) in [5, 5.41) is 0.571. The number of thioether (sulfide) groups is 1. The van der Waals surface area contributed by atoms with Crippen LogP contribution in [0.5, 0.6) is 0 Å². The predicted molar refractivity (Wildman–Crippen MR) is 79.2 cm³/mol. The maximum Gasteiger partial charge on any atom is 0.305 e. The number of nitrogens with one attached hydrogen (secondary N) is 1. The first kappa shape index (κ1) is 14.6. The number of benzene rings is 1. The molecule has 2 atom stereocenters. The number of carbonyl (C=O) groups is 2. The van der Waals surface area contributed by atoms with E-state index in [1.54, 1.807) is 25.1 Å². The largest absolute Gasteiger partial charge is 0.459 e. The molecule has 0 radical (unpaired) electrons. The Hall–Kier alpha value is -2.28. The fourth-order valence-electron chi connectivity index (χ4n) is 2.16. The third-order valence-electron chi connectivity index (χ3n) is 3.27. The second kappa shape index (κ2) is 5.84. The van der Waals surface area contributed by atoms with Crippen molar-refractivity contribution < 1.29 is 18.4 Å². The first-order chi connectivity index (χ1) is 10.6. The molecule has 5 nitrogen and oxygen atoms in total. The Labute approximate surface area is 130 Å². The molecule has 7 heteroatoms. The Morgan fingerprint density at radius 1 is 1.32 bits per heavy atom. The van der Waals surface area contributed by atoms with Gasteiger partial charge < -0.3 is 4.42 Å². The third kappa shape index (κ3) is 2.71. The van der Waals surface area contributed by atoms with Crippen molar-refractivity contribution in [3.05, 3.63) is 59.8 Å². The van der Waals surface area contributed by atoms with Gasteiger partial charge in [-0.1, -0.05) is 12.1 Å². The lowest BCUT2D eigenvalue weighted by atomic mass is 10.2. The summed E-state index contributed by atoms with van der Waals surface area (Å²) in [6.45, 7) is 1.77. The topological polar surface area (TPSA) is 62.6 Å². The number of hydrogen-bond donors (Lipinski definition) is 1. The highest BCUT2D eigenvalue weighted by atomic mass is 32.2. The summed E-state index contributed by atoms with van der Waals surface area (Å²) in [5.74, 6) is -0.938. The lowest BCUT2D eigenvalue weighted by Crippen LogP contribution is -2.45. The number of nitrogens with zero attached hydrogens (tertiary/aromatic N) is 1. The van der Waals surface area contributed by atoms with Crippen LogP contribution in [0.2, 0.25) is 0 Å². The SMILES string of the molecule is CC1SC(c2ccc(F)cc2)N(NC(=O)c2ccco2)C1=O. The first-order valence-electron chi connectivity index (χ1n) is 6.65. The van der Waals surface area contributed by atoms with Gasteiger partial charge in [0.1, 0.15) is 11.2 Å². The summed E-state index contributed by atoms with van der Waals surface area (Å²) in [4.78, 5) is 24.3. The molecule has 1 aliphatic rings. The zero-order valence-electron chi connectivity index (χ0n) is 11.7. The van der Waals surface area contributed by atoms with Crippen LogP contribution in [0, 0.1) is 5.82 Å². The van der Waals surface area contributed by atoms with E-state index in [0.29, 0.717) is 0 Å². The summed E-state index contributed by atoms with van der Waals surface area (Å²) in [6, 6.07) is 8.97. The molecule has 0 bridgehead atoms. The van der Waals surface area contributed by atoms with E-state index in [2.05, 4.69) is 5.43 Å². The molecule has 3 rings (SSSR count). The molecule has 2 heterocycles. The van der Waals surface area contributed by atoms with Gasteiger partial charge in [0.25, 0.3) is 5.91 Å². The molecule has 1 aromatic carbocycles. The van der Waals surface area contributed by atoms with Crippen molar-refractivity contribution in [1.29, 1.82) is 0 Å². The van der Waals surface area contributed by atoms with Crippen LogP contribution < -0.4 is 5.43 Å². The van der Waals surface area contributed by atoms with Gasteiger partial charge in [0.2, 0.25) is 0 Å². The standard InChI is InChI=1S/C15H13FN2O3S/c1-9-14(20)18(17-13(19)12-3-2-8-21-12)15(22-9)10-4-6-11(16)7-5-10/h2-9,15H,1H3,(H,17,19). The number of halogens is 1. The van der Waals surface area contributed by atoms with Crippen LogP contribution in [0.4, 0.5) is 4.39 Å². The monoisotopic (exact) mass is 320 g/mol. The molecule has 1 saturated heterocycles. The normalized spacial score (nSPS) is 21.2. The lowest BCUT2D eigenvalue weighted by Gasteiger charge is -2.24. The summed E-state index contributed by atoms with van der Waals surface area (Å²) in [7, 11) is 0. The van der Waals surface area contributed by atoms with Crippen LogP contribution in [-0.2, 0) is 4.79 Å². The fourth-order valence-corrected chi connectivity index (χ4v) is 3.37. The number of furan rings is 1. The van der Waals surface area contributed by atoms with E-state index in [1.807, 2.05) is 0 Å². The minimum absolute atomic E-state index is 0.121. The van der Waals surface area contributed by atoms with Crippen molar-refractivity contribution in [2.45, 2.75) is 17.5 Å². The van der Waals surface area contributed by atoms with Crippen LogP contribution in [0.3, 0.4) is 0 Å². The zero-order chi connectivity index (χ0) is 15.7. The summed E-state index contributed by atoms with van der Waals surface area (Å²) >= 11 is 1.39. The first-order valence-corrected chi connectivity index (χ1v) is 7.59. The van der Waals surface area contributed by atoms with Gasteiger partial charge in [-0.05, 0) is 36.8 Å². The van der Waals surface area contributed by atoms with Gasteiger partial charge in [0.05, 0.1) is 11.5 Å². The number of rotatable bonds is 3. The average molecular weight is 320 g/mol. The smallest absolute Gasteiger partial charge is 0.305 e. The Morgan fingerprint density at radius 3 is 2.68 bits per heavy atom. The number of carbonyl (C=O) groups excluding carboxylic acids is 2. The molecule has 1 fully saturated rings. The third-order valence-corrected chi connectivity index (χ3v) is 4.63. The van der Waals surface area contributed by atoms with Crippen LogP contribution in [-0.4, -0.2) is 22.1 Å². The molecule has 2 aromatic rings. The van der Waals surface area contributed by atoms with E-state index in [1.165, 1.54) is 41.2 Å². The van der Waals surface area contributed by atoms with Crippen molar-refractivity contribution in [1.82, 2.24) is 10.4 Å². The molecular weight excluding hydrogens is 307 g/mol. The van der Waals surface area contributed by atoms with Gasteiger partial charge in [-0.15, -0.1) is 11.8 Å². The Bertz CT molecular complexity index is 687. The number of hydrogen-bond acceptors (Lipinski definition) is 4. The fraction of sp³-hybridized carbons (Fsp3) is 0.200. The maximum absolute atomic E-state index is 13.1. The van der Waals surface area contributed by atoms with Gasteiger partial charge in [-0.2, -0.15) is 0 Å². The van der Waals surface area contributed by atoms with Crippen molar-refractivity contribution in [3.8, 4) is 0 Å². The molecule has 0 saturated carbocycles. The maximum atomic E-state index is 13.1. The Morgan fingerprint density at radius 2 is 2.05 bits per heavy atom. The van der Waals surface area contributed by atoms with Crippen molar-refractivity contribution in [2.75, 3.05) is 0 Å². The Kier molecular flexibility index (Phi) is 3.89. The minimum atomic E-state index is -0.500. The van der Waals surface area contributed by atoms with Gasteiger partial charge in [-0.3, -0.25) is 15.0 Å². The van der Waals surface area contributed by atoms with Crippen LogP contribution >= 0.6 is 11.8 Å². The molecule has 114 valence electrons. The highest BCUT2D eigenvalue weighted by Gasteiger charge is 2.40. The molecule has 0 spiro atoms. The second-order valence-corrected chi connectivity index (χ2v) is 6.23. The highest BCUT2D eigenvalue weighted by molar-refractivity contribution is 8.01. The van der Waals surface area contributed by atoms with E-state index in [4.69, 9.17) is 4.42 Å². The van der Waals surface area contributed by atoms with Gasteiger partial charge in [-0.25, -0.2) is 9.40 Å². The van der Waals surface area contributed by atoms with E-state index >= 15 is 0 Å². The van der Waals surface area contributed by atoms with Gasteiger partial charge in [0.15, 0.2) is 5.76 Å². The van der Waals surface area contributed by atoms with E-state index in [0.717, 1.165) is 5.56 Å². The molecule has 22 heavy (non-hydrogen) atoms. The molecule has 2 amide bonds. The molecule has 0 aliphatic carbocycles. The minimum Gasteiger partial charge on any atom is -0.459 e. The lowest BCUT2D eigenvalue weighted by molar-refractivity contribution is -0.132. The summed E-state index contributed by atoms with van der Waals surface area (Å²) in [6.07, 6.45) is 1.38. The zero-order valence-corrected chi connectivity index (χ0v) is 12.5. The van der Waals surface area contributed by atoms with Crippen molar-refractivity contribution in [2.24, 2.45) is 0 Å². The van der Waals surface area contributed by atoms with E-state index in [9.17, 15) is 14.0 Å². The summed E-state index contributed by atoms with van der Waals surface area (Å²) < 4.78 is 18.1. The average Bonchev–Trinajstić information content (AvgIpc) is 3.12. The van der Waals surface area contributed by atoms with E-state index in [-0.39, 0.29) is 22.7 Å². The second-order valence-electron chi connectivity index (χ2n) is 4.81. The number of amides is 2. The van der Waals surface area contributed by atoms with Crippen molar-refractivity contribution >= 4 is 23.6 Å². The quantitative estimate of drug-likeness (QED) is 0.944. The molecular formula is C15H13FN2O3S. The highest BCUT2D eigenvalue weighted by Crippen LogP contribution is 2.41. The summed E-state index contributed by atoms with van der Waals surface area (Å²) in [5.41, 5.74) is 3.30. The molecule has 1 aliphatic heterocycles. The van der Waals surface area contributed by atoms with Gasteiger partial charge >= 0.3 is 5.91 Å². The molecule has 1 aromatic heterocycles. The number of hydrazine groups is 1. The van der Waals surface area contributed by atoms with E-state index < -0.39 is 11.3 Å². The van der Waals surface area contributed by atoms with Crippen LogP contribution in [0.15, 0.2) is 47.1 Å². The van der Waals surface area contributed by atoms with Gasteiger partial charge in [0, 0.05) is 0 Å². The van der Waals surface area contributed by atoms with Crippen LogP contribution in [0.25, 0.3) is 0 Å². The Balaban J connectivity index is 1.84.